The summed E-state index contributed by atoms with van der Waals surface area (Å²) >= 11 is 0. The fraction of sp³-hybridized carbons (Fsp3) is 0.647. The number of rotatable bonds is 8. The Bertz CT molecular complexity index is 354. The van der Waals surface area contributed by atoms with Crippen molar-refractivity contribution in [3.63, 3.8) is 0 Å². The molecule has 0 radical (unpaired) electrons. The summed E-state index contributed by atoms with van der Waals surface area (Å²) in [6.45, 7) is 9.56. The van der Waals surface area contributed by atoms with Gasteiger partial charge in [0.05, 0.1) is 0 Å². The zero-order chi connectivity index (χ0) is 14.3. The van der Waals surface area contributed by atoms with Crippen LogP contribution in [0.3, 0.4) is 0 Å². The van der Waals surface area contributed by atoms with Gasteiger partial charge in [-0.3, -0.25) is 0 Å². The molecule has 0 fully saturated rings. The molecule has 0 bridgehead atoms. The van der Waals surface area contributed by atoms with Gasteiger partial charge in [-0.25, -0.2) is 0 Å². The minimum absolute atomic E-state index is 0.208. The van der Waals surface area contributed by atoms with Gasteiger partial charge >= 0.3 is 0 Å². The van der Waals surface area contributed by atoms with Crippen molar-refractivity contribution in [3.05, 3.63) is 35.4 Å². The molecular weight excluding hydrogens is 232 g/mol. The van der Waals surface area contributed by atoms with Gasteiger partial charge in [-0.2, -0.15) is 0 Å². The predicted molar refractivity (Wildman–Crippen MR) is 84.5 cm³/mol. The van der Waals surface area contributed by atoms with Crippen LogP contribution in [0.1, 0.15) is 38.3 Å². The Hall–Kier alpha value is -0.860. The quantitative estimate of drug-likeness (QED) is 0.780. The van der Waals surface area contributed by atoms with E-state index in [0.29, 0.717) is 0 Å². The molecule has 0 aliphatic rings. The lowest BCUT2D eigenvalue weighted by Crippen LogP contribution is -2.37. The second kappa shape index (κ2) is 7.66. The van der Waals surface area contributed by atoms with Crippen molar-refractivity contribution >= 4 is 0 Å². The summed E-state index contributed by atoms with van der Waals surface area (Å²) in [5.74, 6) is 0. The monoisotopic (exact) mass is 262 g/mol. The van der Waals surface area contributed by atoms with E-state index >= 15 is 0 Å². The molecular formula is C17H30N2. The average molecular weight is 262 g/mol. The van der Waals surface area contributed by atoms with Crippen LogP contribution in [-0.4, -0.2) is 31.6 Å². The lowest BCUT2D eigenvalue weighted by molar-refractivity contribution is 0.218. The SMILES string of the molecule is CCCc1ccc(CCN(C)CC(C)(C)CN)cc1. The van der Waals surface area contributed by atoms with Gasteiger partial charge in [0.25, 0.3) is 0 Å². The Morgan fingerprint density at radius 1 is 1.05 bits per heavy atom. The van der Waals surface area contributed by atoms with Crippen LogP contribution in [0.5, 0.6) is 0 Å². The third-order valence-electron chi connectivity index (χ3n) is 3.59. The van der Waals surface area contributed by atoms with E-state index in [4.69, 9.17) is 5.73 Å². The molecule has 19 heavy (non-hydrogen) atoms. The normalized spacial score (nSPS) is 12.1. The van der Waals surface area contributed by atoms with Crippen LogP contribution in [0.4, 0.5) is 0 Å². The maximum Gasteiger partial charge on any atom is 0.00418 e. The summed E-state index contributed by atoms with van der Waals surface area (Å²) in [6.07, 6.45) is 3.52. The zero-order valence-electron chi connectivity index (χ0n) is 13.1. The van der Waals surface area contributed by atoms with Gasteiger partial charge in [-0.1, -0.05) is 51.5 Å². The van der Waals surface area contributed by atoms with E-state index in [0.717, 1.165) is 26.1 Å². The highest BCUT2D eigenvalue weighted by atomic mass is 15.1. The smallest absolute Gasteiger partial charge is 0.00418 e. The van der Waals surface area contributed by atoms with E-state index in [1.54, 1.807) is 0 Å². The second-order valence-corrected chi connectivity index (χ2v) is 6.42. The summed E-state index contributed by atoms with van der Waals surface area (Å²) in [6, 6.07) is 9.07. The Balaban J connectivity index is 2.39. The lowest BCUT2D eigenvalue weighted by atomic mass is 9.93. The molecule has 0 spiro atoms. The highest BCUT2D eigenvalue weighted by Crippen LogP contribution is 2.14. The van der Waals surface area contributed by atoms with Crippen LogP contribution >= 0.6 is 0 Å². The molecule has 0 saturated carbocycles. The van der Waals surface area contributed by atoms with Crippen LogP contribution < -0.4 is 5.73 Å². The number of aryl methyl sites for hydroxylation is 1. The summed E-state index contributed by atoms with van der Waals surface area (Å²) < 4.78 is 0. The summed E-state index contributed by atoms with van der Waals surface area (Å²) in [7, 11) is 2.18. The van der Waals surface area contributed by atoms with Crippen molar-refractivity contribution in [3.8, 4) is 0 Å². The molecule has 0 heterocycles. The first-order valence-corrected chi connectivity index (χ1v) is 7.43. The van der Waals surface area contributed by atoms with Crippen molar-refractivity contribution in [1.29, 1.82) is 0 Å². The standard InChI is InChI=1S/C17H30N2/c1-5-6-15-7-9-16(10-8-15)11-12-19(4)14-17(2,3)13-18/h7-10H,5-6,11-14,18H2,1-4H3. The zero-order valence-corrected chi connectivity index (χ0v) is 13.1. The van der Waals surface area contributed by atoms with Gasteiger partial charge in [0.15, 0.2) is 0 Å². The van der Waals surface area contributed by atoms with Crippen LogP contribution in [0.15, 0.2) is 24.3 Å². The Morgan fingerprint density at radius 3 is 2.05 bits per heavy atom. The minimum Gasteiger partial charge on any atom is -0.330 e. The third kappa shape index (κ3) is 6.22. The molecule has 108 valence electrons. The number of nitrogens with zero attached hydrogens (tertiary/aromatic N) is 1. The number of hydrogen-bond acceptors (Lipinski definition) is 2. The average Bonchev–Trinajstić information content (AvgIpc) is 2.38. The van der Waals surface area contributed by atoms with E-state index < -0.39 is 0 Å². The first-order valence-electron chi connectivity index (χ1n) is 7.43. The fourth-order valence-corrected chi connectivity index (χ4v) is 2.36. The van der Waals surface area contributed by atoms with E-state index in [2.05, 4.69) is 57.0 Å². The molecule has 0 aromatic heterocycles. The number of nitrogens with two attached hydrogens (primary N) is 1. The largest absolute Gasteiger partial charge is 0.330 e. The molecule has 0 atom stereocenters. The first-order chi connectivity index (χ1) is 8.96. The van der Waals surface area contributed by atoms with Gasteiger partial charge < -0.3 is 10.6 Å². The Morgan fingerprint density at radius 2 is 1.58 bits per heavy atom. The van der Waals surface area contributed by atoms with Gasteiger partial charge in [0.2, 0.25) is 0 Å². The van der Waals surface area contributed by atoms with Gasteiger partial charge in [-0.15, -0.1) is 0 Å². The lowest BCUT2D eigenvalue weighted by Gasteiger charge is -2.29. The number of benzene rings is 1. The Labute approximate surface area is 119 Å². The molecule has 0 aliphatic heterocycles. The van der Waals surface area contributed by atoms with Gasteiger partial charge in [-0.05, 0) is 43.0 Å². The van der Waals surface area contributed by atoms with Crippen LogP contribution in [0, 0.1) is 5.41 Å². The summed E-state index contributed by atoms with van der Waals surface area (Å²) in [4.78, 5) is 2.38. The number of hydrogen-bond donors (Lipinski definition) is 1. The third-order valence-corrected chi connectivity index (χ3v) is 3.59. The van der Waals surface area contributed by atoms with Crippen molar-refractivity contribution in [1.82, 2.24) is 4.90 Å². The Kier molecular flexibility index (Phi) is 6.53. The highest BCUT2D eigenvalue weighted by molar-refractivity contribution is 5.22. The van der Waals surface area contributed by atoms with Crippen LogP contribution in [-0.2, 0) is 12.8 Å². The van der Waals surface area contributed by atoms with Crippen molar-refractivity contribution in [2.45, 2.75) is 40.0 Å². The molecule has 2 heteroatoms. The minimum atomic E-state index is 0.208. The fourth-order valence-electron chi connectivity index (χ4n) is 2.36. The molecule has 0 unspecified atom stereocenters. The van der Waals surface area contributed by atoms with E-state index in [9.17, 15) is 0 Å². The molecule has 1 rings (SSSR count). The maximum atomic E-state index is 5.78. The first kappa shape index (κ1) is 16.2. The van der Waals surface area contributed by atoms with E-state index in [1.165, 1.54) is 24.0 Å². The van der Waals surface area contributed by atoms with Crippen LogP contribution in [0.25, 0.3) is 0 Å². The molecule has 2 N–H and O–H groups in total. The van der Waals surface area contributed by atoms with Crippen molar-refractivity contribution in [2.75, 3.05) is 26.7 Å². The van der Waals surface area contributed by atoms with Crippen LogP contribution in [0.2, 0.25) is 0 Å². The number of likely N-dealkylation sites (N-methyl/N-ethyl adjacent to an activating group) is 1. The molecule has 0 aliphatic carbocycles. The molecule has 2 nitrogen and oxygen atoms in total. The molecule has 1 aromatic carbocycles. The van der Waals surface area contributed by atoms with Gasteiger partial charge in [0.1, 0.15) is 0 Å². The van der Waals surface area contributed by atoms with Crippen molar-refractivity contribution in [2.24, 2.45) is 11.1 Å². The van der Waals surface area contributed by atoms with E-state index in [1.807, 2.05) is 0 Å². The molecule has 1 aromatic rings. The molecule has 0 saturated heterocycles. The highest BCUT2D eigenvalue weighted by Gasteiger charge is 2.17. The topological polar surface area (TPSA) is 29.3 Å². The van der Waals surface area contributed by atoms with E-state index in [-0.39, 0.29) is 5.41 Å². The summed E-state index contributed by atoms with van der Waals surface area (Å²) in [5.41, 5.74) is 8.86. The van der Waals surface area contributed by atoms with Gasteiger partial charge in [0, 0.05) is 13.1 Å². The predicted octanol–water partition coefficient (Wildman–Crippen LogP) is 3.10. The summed E-state index contributed by atoms with van der Waals surface area (Å²) in [5, 5.41) is 0. The second-order valence-electron chi connectivity index (χ2n) is 6.42. The molecule has 0 amide bonds. The maximum absolute atomic E-state index is 5.78. The van der Waals surface area contributed by atoms with Crippen molar-refractivity contribution < 1.29 is 0 Å².